The van der Waals surface area contributed by atoms with Crippen molar-refractivity contribution in [2.75, 3.05) is 4.72 Å². The molecule has 2 aromatic carbocycles. The second-order valence-corrected chi connectivity index (χ2v) is 6.53. The molecule has 0 fully saturated rings. The molecule has 0 saturated carbocycles. The summed E-state index contributed by atoms with van der Waals surface area (Å²) in [6, 6.07) is 13.0. The van der Waals surface area contributed by atoms with Gasteiger partial charge >= 0.3 is 0 Å². The van der Waals surface area contributed by atoms with Crippen LogP contribution in [-0.4, -0.2) is 8.42 Å². The minimum absolute atomic E-state index is 0.136. The highest BCUT2D eigenvalue weighted by atomic mass is 35.5. The summed E-state index contributed by atoms with van der Waals surface area (Å²) in [7, 11) is -3.65. The molecule has 0 saturated heterocycles. The third-order valence-corrected chi connectivity index (χ3v) is 4.55. The van der Waals surface area contributed by atoms with E-state index in [9.17, 15) is 8.42 Å². The largest absolute Gasteiger partial charge is 0.324 e. The van der Waals surface area contributed by atoms with E-state index in [0.29, 0.717) is 10.7 Å². The Balaban J connectivity index is 2.29. The Morgan fingerprint density at radius 3 is 2.25 bits per heavy atom. The molecule has 0 spiro atoms. The number of nitrogens with two attached hydrogens (primary N) is 1. The summed E-state index contributed by atoms with van der Waals surface area (Å²) < 4.78 is 26.9. The molecule has 106 valence electrons. The molecule has 20 heavy (non-hydrogen) atoms. The van der Waals surface area contributed by atoms with E-state index >= 15 is 0 Å². The number of anilines is 1. The Kier molecular flexibility index (Phi) is 4.32. The quantitative estimate of drug-likeness (QED) is 0.911. The molecule has 1 unspecified atom stereocenters. The van der Waals surface area contributed by atoms with E-state index < -0.39 is 10.0 Å². The molecule has 0 bridgehead atoms. The van der Waals surface area contributed by atoms with E-state index in [1.165, 1.54) is 12.1 Å². The fourth-order valence-corrected chi connectivity index (χ4v) is 3.02. The number of benzene rings is 2. The summed E-state index contributed by atoms with van der Waals surface area (Å²) in [5, 5.41) is 0.350. The third kappa shape index (κ3) is 3.30. The van der Waals surface area contributed by atoms with Gasteiger partial charge < -0.3 is 5.73 Å². The fraction of sp³-hybridized carbons (Fsp3) is 0.143. The molecule has 0 aliphatic rings. The standard InChI is InChI=1S/C14H15ClN2O2S/c1-10(16)11-6-8-12(9-7-11)20(18,19)17-14-5-3-2-4-13(14)15/h2-10,17H,16H2,1H3. The van der Waals surface area contributed by atoms with Crippen LogP contribution >= 0.6 is 11.6 Å². The lowest BCUT2D eigenvalue weighted by atomic mass is 10.1. The van der Waals surface area contributed by atoms with E-state index in [0.717, 1.165) is 5.56 Å². The lowest BCUT2D eigenvalue weighted by Gasteiger charge is -2.11. The van der Waals surface area contributed by atoms with Crippen LogP contribution in [0, 0.1) is 0 Å². The summed E-state index contributed by atoms with van der Waals surface area (Å²) in [5.41, 5.74) is 6.96. The van der Waals surface area contributed by atoms with Crippen molar-refractivity contribution in [2.45, 2.75) is 17.9 Å². The maximum atomic E-state index is 12.2. The van der Waals surface area contributed by atoms with Gasteiger partial charge in [-0.3, -0.25) is 4.72 Å². The molecule has 4 nitrogen and oxygen atoms in total. The van der Waals surface area contributed by atoms with Gasteiger partial charge in [-0.15, -0.1) is 0 Å². The first-order valence-electron chi connectivity index (χ1n) is 6.03. The molecule has 1 atom stereocenters. The summed E-state index contributed by atoms with van der Waals surface area (Å²) in [6.07, 6.45) is 0. The number of nitrogens with one attached hydrogen (secondary N) is 1. The van der Waals surface area contributed by atoms with Crippen molar-refractivity contribution < 1.29 is 8.42 Å². The summed E-state index contributed by atoms with van der Waals surface area (Å²) in [4.78, 5) is 0.168. The molecule has 6 heteroatoms. The second-order valence-electron chi connectivity index (χ2n) is 4.44. The van der Waals surface area contributed by atoms with Crippen LogP contribution < -0.4 is 10.5 Å². The predicted molar refractivity (Wildman–Crippen MR) is 81.3 cm³/mol. The van der Waals surface area contributed by atoms with E-state index in [1.54, 1.807) is 36.4 Å². The predicted octanol–water partition coefficient (Wildman–Crippen LogP) is 3.16. The van der Waals surface area contributed by atoms with Crippen LogP contribution in [0.25, 0.3) is 0 Å². The van der Waals surface area contributed by atoms with Gasteiger partial charge in [0.2, 0.25) is 0 Å². The molecule has 0 amide bonds. The van der Waals surface area contributed by atoms with E-state index in [-0.39, 0.29) is 10.9 Å². The van der Waals surface area contributed by atoms with Crippen molar-refractivity contribution in [2.24, 2.45) is 5.73 Å². The van der Waals surface area contributed by atoms with Gasteiger partial charge in [0.05, 0.1) is 15.6 Å². The van der Waals surface area contributed by atoms with E-state index in [1.807, 2.05) is 6.92 Å². The van der Waals surface area contributed by atoms with Crippen molar-refractivity contribution in [3.8, 4) is 0 Å². The average Bonchev–Trinajstić information content (AvgIpc) is 2.41. The molecule has 0 aromatic heterocycles. The molecule has 0 radical (unpaired) electrons. The van der Waals surface area contributed by atoms with Crippen molar-refractivity contribution in [1.82, 2.24) is 0 Å². The maximum Gasteiger partial charge on any atom is 0.261 e. The first-order valence-corrected chi connectivity index (χ1v) is 7.89. The summed E-state index contributed by atoms with van der Waals surface area (Å²) in [5.74, 6) is 0. The first-order chi connectivity index (χ1) is 9.40. The number of hydrogen-bond acceptors (Lipinski definition) is 3. The van der Waals surface area contributed by atoms with Gasteiger partial charge in [-0.25, -0.2) is 8.42 Å². The Morgan fingerprint density at radius 1 is 1.10 bits per heavy atom. The Hall–Kier alpha value is -1.56. The molecule has 2 aromatic rings. The number of para-hydroxylation sites is 1. The zero-order chi connectivity index (χ0) is 14.8. The van der Waals surface area contributed by atoms with Gasteiger partial charge in [0.25, 0.3) is 10.0 Å². The van der Waals surface area contributed by atoms with Gasteiger partial charge in [-0.05, 0) is 36.8 Å². The Labute approximate surface area is 123 Å². The highest BCUT2D eigenvalue weighted by Crippen LogP contribution is 2.24. The van der Waals surface area contributed by atoms with Crippen LogP contribution in [0.2, 0.25) is 5.02 Å². The summed E-state index contributed by atoms with van der Waals surface area (Å²) >= 11 is 5.94. The van der Waals surface area contributed by atoms with E-state index in [4.69, 9.17) is 17.3 Å². The minimum atomic E-state index is -3.65. The fourth-order valence-electron chi connectivity index (χ4n) is 1.70. The average molecular weight is 311 g/mol. The second kappa shape index (κ2) is 5.83. The first kappa shape index (κ1) is 14.8. The molecular formula is C14H15ClN2O2S. The van der Waals surface area contributed by atoms with Crippen LogP contribution in [-0.2, 0) is 10.0 Å². The molecule has 2 rings (SSSR count). The highest BCUT2D eigenvalue weighted by molar-refractivity contribution is 7.92. The van der Waals surface area contributed by atoms with Crippen molar-refractivity contribution in [3.05, 3.63) is 59.1 Å². The number of hydrogen-bond donors (Lipinski definition) is 2. The normalized spacial score (nSPS) is 12.9. The summed E-state index contributed by atoms with van der Waals surface area (Å²) in [6.45, 7) is 1.84. The topological polar surface area (TPSA) is 72.2 Å². The van der Waals surface area contributed by atoms with E-state index in [2.05, 4.69) is 4.72 Å². The molecule has 3 N–H and O–H groups in total. The molecular weight excluding hydrogens is 296 g/mol. The van der Waals surface area contributed by atoms with Crippen LogP contribution in [0.3, 0.4) is 0 Å². The van der Waals surface area contributed by atoms with Crippen molar-refractivity contribution in [3.63, 3.8) is 0 Å². The molecule has 0 heterocycles. The van der Waals surface area contributed by atoms with Gasteiger partial charge in [-0.1, -0.05) is 35.9 Å². The number of rotatable bonds is 4. The highest BCUT2D eigenvalue weighted by Gasteiger charge is 2.15. The zero-order valence-electron chi connectivity index (χ0n) is 10.9. The van der Waals surface area contributed by atoms with Crippen LogP contribution in [0.4, 0.5) is 5.69 Å². The Bertz CT molecular complexity index is 697. The van der Waals surface area contributed by atoms with Crippen LogP contribution in [0.1, 0.15) is 18.5 Å². The third-order valence-electron chi connectivity index (χ3n) is 2.83. The van der Waals surface area contributed by atoms with Gasteiger partial charge in [0.15, 0.2) is 0 Å². The zero-order valence-corrected chi connectivity index (χ0v) is 12.4. The lowest BCUT2D eigenvalue weighted by molar-refractivity contribution is 0.601. The number of sulfonamides is 1. The van der Waals surface area contributed by atoms with Gasteiger partial charge in [0.1, 0.15) is 0 Å². The minimum Gasteiger partial charge on any atom is -0.324 e. The smallest absolute Gasteiger partial charge is 0.261 e. The van der Waals surface area contributed by atoms with Crippen molar-refractivity contribution >= 4 is 27.3 Å². The maximum absolute atomic E-state index is 12.2. The monoisotopic (exact) mass is 310 g/mol. The SMILES string of the molecule is CC(N)c1ccc(S(=O)(=O)Nc2ccccc2Cl)cc1. The molecule has 0 aliphatic heterocycles. The molecule has 0 aliphatic carbocycles. The number of halogens is 1. The van der Waals surface area contributed by atoms with Gasteiger partial charge in [0, 0.05) is 6.04 Å². The lowest BCUT2D eigenvalue weighted by Crippen LogP contribution is -2.13. The Morgan fingerprint density at radius 2 is 1.70 bits per heavy atom. The van der Waals surface area contributed by atoms with Gasteiger partial charge in [-0.2, -0.15) is 0 Å². The van der Waals surface area contributed by atoms with Crippen LogP contribution in [0.15, 0.2) is 53.4 Å². The van der Waals surface area contributed by atoms with Crippen molar-refractivity contribution in [1.29, 1.82) is 0 Å². The van der Waals surface area contributed by atoms with Crippen LogP contribution in [0.5, 0.6) is 0 Å².